The molecule has 0 saturated carbocycles. The summed E-state index contributed by atoms with van der Waals surface area (Å²) < 4.78 is 0. The van der Waals surface area contributed by atoms with Gasteiger partial charge in [0, 0.05) is 13.1 Å². The van der Waals surface area contributed by atoms with Crippen molar-refractivity contribution in [1.82, 2.24) is 16.0 Å². The molecule has 114 valence electrons. The first-order valence-electron chi connectivity index (χ1n) is 7.41. The van der Waals surface area contributed by atoms with Crippen molar-refractivity contribution in [3.63, 3.8) is 0 Å². The van der Waals surface area contributed by atoms with E-state index in [0.717, 1.165) is 0 Å². The number of hydrogen-bond acceptors (Lipinski definition) is 3. The van der Waals surface area contributed by atoms with Crippen molar-refractivity contribution in [1.29, 1.82) is 0 Å². The van der Waals surface area contributed by atoms with Crippen molar-refractivity contribution >= 4 is 11.8 Å². The predicted molar refractivity (Wildman–Crippen MR) is 81.6 cm³/mol. The average molecular weight is 289 g/mol. The summed E-state index contributed by atoms with van der Waals surface area (Å²) in [6.45, 7) is 5.41. The zero-order valence-corrected chi connectivity index (χ0v) is 12.6. The van der Waals surface area contributed by atoms with Crippen LogP contribution in [0.5, 0.6) is 0 Å². The van der Waals surface area contributed by atoms with Gasteiger partial charge < -0.3 is 16.0 Å². The Morgan fingerprint density at radius 3 is 2.67 bits per heavy atom. The summed E-state index contributed by atoms with van der Waals surface area (Å²) in [4.78, 5) is 23.7. The monoisotopic (exact) mass is 289 g/mol. The number of rotatable bonds is 5. The number of benzene rings is 1. The molecule has 0 aliphatic carbocycles. The SMILES string of the molecule is CC(C)CNC(=O)CNC(=O)C1Cc2ccccc2CN1. The van der Waals surface area contributed by atoms with Crippen LogP contribution in [-0.2, 0) is 22.6 Å². The number of carbonyl (C=O) groups is 2. The zero-order valence-electron chi connectivity index (χ0n) is 12.6. The molecule has 1 aromatic carbocycles. The smallest absolute Gasteiger partial charge is 0.239 e. The average Bonchev–Trinajstić information content (AvgIpc) is 2.50. The topological polar surface area (TPSA) is 70.2 Å². The van der Waals surface area contributed by atoms with Crippen LogP contribution < -0.4 is 16.0 Å². The number of hydrogen-bond donors (Lipinski definition) is 3. The van der Waals surface area contributed by atoms with Gasteiger partial charge in [-0.2, -0.15) is 0 Å². The summed E-state index contributed by atoms with van der Waals surface area (Å²) >= 11 is 0. The summed E-state index contributed by atoms with van der Waals surface area (Å²) in [6, 6.07) is 7.83. The molecular formula is C16H23N3O2. The molecule has 5 heteroatoms. The summed E-state index contributed by atoms with van der Waals surface area (Å²) in [5.41, 5.74) is 2.43. The minimum Gasteiger partial charge on any atom is -0.354 e. The van der Waals surface area contributed by atoms with Gasteiger partial charge in [0.2, 0.25) is 11.8 Å². The van der Waals surface area contributed by atoms with Gasteiger partial charge >= 0.3 is 0 Å². The molecular weight excluding hydrogens is 266 g/mol. The first-order valence-corrected chi connectivity index (χ1v) is 7.41. The van der Waals surface area contributed by atoms with Crippen molar-refractivity contribution in [2.24, 2.45) is 5.92 Å². The van der Waals surface area contributed by atoms with E-state index in [1.807, 2.05) is 32.0 Å². The van der Waals surface area contributed by atoms with Gasteiger partial charge in [-0.15, -0.1) is 0 Å². The van der Waals surface area contributed by atoms with Crippen LogP contribution >= 0.6 is 0 Å². The lowest BCUT2D eigenvalue weighted by atomic mass is 9.95. The standard InChI is InChI=1S/C16H23N3O2/c1-11(2)8-18-15(20)10-19-16(21)14-7-12-5-3-4-6-13(12)9-17-14/h3-6,11,14,17H,7-10H2,1-2H3,(H,18,20)(H,19,21). The van der Waals surface area contributed by atoms with Crippen molar-refractivity contribution < 1.29 is 9.59 Å². The second-order valence-electron chi connectivity index (χ2n) is 5.82. The first-order chi connectivity index (χ1) is 10.1. The van der Waals surface area contributed by atoms with Crippen LogP contribution in [-0.4, -0.2) is 30.9 Å². The number of nitrogens with one attached hydrogen (secondary N) is 3. The predicted octanol–water partition coefficient (Wildman–Crippen LogP) is 0.589. The lowest BCUT2D eigenvalue weighted by Gasteiger charge is -2.25. The van der Waals surface area contributed by atoms with Crippen LogP contribution in [0.25, 0.3) is 0 Å². The van der Waals surface area contributed by atoms with E-state index in [1.54, 1.807) is 0 Å². The fourth-order valence-corrected chi connectivity index (χ4v) is 2.31. The molecule has 0 radical (unpaired) electrons. The molecule has 21 heavy (non-hydrogen) atoms. The lowest BCUT2D eigenvalue weighted by molar-refractivity contribution is -0.127. The largest absolute Gasteiger partial charge is 0.354 e. The number of carbonyl (C=O) groups excluding carboxylic acids is 2. The van der Waals surface area contributed by atoms with Gasteiger partial charge in [0.15, 0.2) is 0 Å². The molecule has 0 aromatic heterocycles. The molecule has 1 aromatic rings. The van der Waals surface area contributed by atoms with E-state index in [4.69, 9.17) is 0 Å². The van der Waals surface area contributed by atoms with Crippen LogP contribution in [0.3, 0.4) is 0 Å². The van der Waals surface area contributed by atoms with Crippen LogP contribution in [0.2, 0.25) is 0 Å². The van der Waals surface area contributed by atoms with Crippen LogP contribution in [0.1, 0.15) is 25.0 Å². The molecule has 2 amide bonds. The van der Waals surface area contributed by atoms with E-state index in [9.17, 15) is 9.59 Å². The van der Waals surface area contributed by atoms with E-state index in [0.29, 0.717) is 25.4 Å². The molecule has 3 N–H and O–H groups in total. The second-order valence-corrected chi connectivity index (χ2v) is 5.82. The Labute approximate surface area is 125 Å². The second kappa shape index (κ2) is 7.22. The summed E-state index contributed by atoms with van der Waals surface area (Å²) in [7, 11) is 0. The Morgan fingerprint density at radius 1 is 1.24 bits per heavy atom. The van der Waals surface area contributed by atoms with Crippen LogP contribution in [0, 0.1) is 5.92 Å². The zero-order chi connectivity index (χ0) is 15.2. The van der Waals surface area contributed by atoms with Gasteiger partial charge in [-0.05, 0) is 23.5 Å². The van der Waals surface area contributed by atoms with Gasteiger partial charge in [0.25, 0.3) is 0 Å². The maximum absolute atomic E-state index is 12.1. The maximum Gasteiger partial charge on any atom is 0.239 e. The van der Waals surface area contributed by atoms with Crippen molar-refractivity contribution in [3.05, 3.63) is 35.4 Å². The van der Waals surface area contributed by atoms with Gasteiger partial charge in [0.05, 0.1) is 12.6 Å². The molecule has 1 atom stereocenters. The van der Waals surface area contributed by atoms with Gasteiger partial charge in [0.1, 0.15) is 0 Å². The highest BCUT2D eigenvalue weighted by Gasteiger charge is 2.23. The fourth-order valence-electron chi connectivity index (χ4n) is 2.31. The summed E-state index contributed by atoms with van der Waals surface area (Å²) in [5.74, 6) is 0.138. The van der Waals surface area contributed by atoms with Crippen LogP contribution in [0.15, 0.2) is 24.3 Å². The lowest BCUT2D eigenvalue weighted by Crippen LogP contribution is -2.49. The molecule has 1 aliphatic heterocycles. The Hall–Kier alpha value is -1.88. The Kier molecular flexibility index (Phi) is 5.33. The third-order valence-corrected chi connectivity index (χ3v) is 3.53. The molecule has 0 saturated heterocycles. The van der Waals surface area contributed by atoms with E-state index in [2.05, 4.69) is 22.0 Å². The van der Waals surface area contributed by atoms with Gasteiger partial charge in [-0.3, -0.25) is 9.59 Å². The van der Waals surface area contributed by atoms with E-state index >= 15 is 0 Å². The summed E-state index contributed by atoms with van der Waals surface area (Å²) in [5, 5.41) is 8.68. The normalized spacial score (nSPS) is 17.2. The van der Waals surface area contributed by atoms with Crippen molar-refractivity contribution in [2.75, 3.05) is 13.1 Å². The summed E-state index contributed by atoms with van der Waals surface area (Å²) in [6.07, 6.45) is 0.662. The highest BCUT2D eigenvalue weighted by atomic mass is 16.2. The Bertz CT molecular complexity index is 514. The van der Waals surface area contributed by atoms with Gasteiger partial charge in [-0.1, -0.05) is 38.1 Å². The molecule has 5 nitrogen and oxygen atoms in total. The number of fused-ring (bicyclic) bond motifs is 1. The fraction of sp³-hybridized carbons (Fsp3) is 0.500. The minimum atomic E-state index is -0.266. The third kappa shape index (κ3) is 4.56. The highest BCUT2D eigenvalue weighted by Crippen LogP contribution is 2.16. The molecule has 1 aliphatic rings. The molecule has 1 unspecified atom stereocenters. The maximum atomic E-state index is 12.1. The number of amides is 2. The molecule has 1 heterocycles. The van der Waals surface area contributed by atoms with E-state index < -0.39 is 0 Å². The Balaban J connectivity index is 1.78. The Morgan fingerprint density at radius 2 is 1.95 bits per heavy atom. The van der Waals surface area contributed by atoms with E-state index in [-0.39, 0.29) is 24.4 Å². The van der Waals surface area contributed by atoms with Gasteiger partial charge in [-0.25, -0.2) is 0 Å². The quantitative estimate of drug-likeness (QED) is 0.743. The van der Waals surface area contributed by atoms with E-state index in [1.165, 1.54) is 11.1 Å². The van der Waals surface area contributed by atoms with Crippen molar-refractivity contribution in [3.8, 4) is 0 Å². The van der Waals surface area contributed by atoms with Crippen LogP contribution in [0.4, 0.5) is 0 Å². The molecule has 0 spiro atoms. The minimum absolute atomic E-state index is 0.0331. The molecule has 2 rings (SSSR count). The molecule has 0 fully saturated rings. The highest BCUT2D eigenvalue weighted by molar-refractivity contribution is 5.87. The van der Waals surface area contributed by atoms with Crippen molar-refractivity contribution in [2.45, 2.75) is 32.9 Å². The molecule has 0 bridgehead atoms. The third-order valence-electron chi connectivity index (χ3n) is 3.53. The first kappa shape index (κ1) is 15.5.